The van der Waals surface area contributed by atoms with E-state index < -0.39 is 7.81 Å². The van der Waals surface area contributed by atoms with Gasteiger partial charge in [-0.15, -0.1) is 4.68 Å². The quantitative estimate of drug-likeness (QED) is 0.171. The van der Waals surface area contributed by atoms with Crippen molar-refractivity contribution >= 4 is 19.5 Å². The third kappa shape index (κ3) is 11.4. The van der Waals surface area contributed by atoms with Crippen LogP contribution in [0.2, 0.25) is 0 Å². The number of hydrogen-bond acceptors (Lipinski definition) is 6. The molecule has 0 aromatic carbocycles. The fourth-order valence-corrected chi connectivity index (χ4v) is 2.12. The van der Waals surface area contributed by atoms with E-state index in [-0.39, 0.29) is 5.71 Å². The summed E-state index contributed by atoms with van der Waals surface area (Å²) >= 11 is 0. The van der Waals surface area contributed by atoms with Crippen LogP contribution < -0.4 is 0 Å². The molecule has 0 radical (unpaired) electrons. The fraction of sp³-hybridized carbons (Fsp3) is 0.467. The molecule has 0 bridgehead atoms. The summed E-state index contributed by atoms with van der Waals surface area (Å²) < 4.78 is 66.4. The first-order chi connectivity index (χ1) is 13.6. The van der Waals surface area contributed by atoms with Gasteiger partial charge in [0.25, 0.3) is 0 Å². The average molecular weight is 462 g/mol. The summed E-state index contributed by atoms with van der Waals surface area (Å²) in [5, 5.41) is 15.3. The van der Waals surface area contributed by atoms with Crippen molar-refractivity contribution in [3.8, 4) is 6.07 Å². The number of nitriles is 1. The molecule has 1 aromatic rings. The van der Waals surface area contributed by atoms with Gasteiger partial charge in [0.15, 0.2) is 0 Å². The molecule has 2 heterocycles. The Morgan fingerprint density at radius 1 is 1.23 bits per heavy atom. The molecule has 30 heavy (non-hydrogen) atoms. The number of morpholine rings is 1. The Morgan fingerprint density at radius 2 is 1.80 bits per heavy atom. The van der Waals surface area contributed by atoms with Crippen molar-refractivity contribution in [2.75, 3.05) is 47.4 Å². The van der Waals surface area contributed by atoms with Crippen molar-refractivity contribution in [3.63, 3.8) is 0 Å². The van der Waals surface area contributed by atoms with Gasteiger partial charge < -0.3 is 4.74 Å². The molecule has 0 spiro atoms. The van der Waals surface area contributed by atoms with Gasteiger partial charge in [-0.2, -0.15) is 5.26 Å². The van der Waals surface area contributed by atoms with Gasteiger partial charge in [0.1, 0.15) is 18.8 Å². The zero-order valence-electron chi connectivity index (χ0n) is 16.4. The second-order valence-electron chi connectivity index (χ2n) is 6.08. The van der Waals surface area contributed by atoms with Crippen LogP contribution in [-0.4, -0.2) is 78.8 Å². The zero-order valence-corrected chi connectivity index (χ0v) is 17.2. The molecule has 8 nitrogen and oxygen atoms in total. The molecule has 15 heteroatoms. The summed E-state index contributed by atoms with van der Waals surface area (Å²) in [6, 6.07) is 7.81. The van der Waals surface area contributed by atoms with E-state index in [9.17, 15) is 30.4 Å². The Bertz CT molecular complexity index is 806. The molecular formula is C15H21F6N6O2P. The van der Waals surface area contributed by atoms with Crippen molar-refractivity contribution in [1.29, 1.82) is 5.26 Å². The van der Waals surface area contributed by atoms with Crippen molar-refractivity contribution in [3.05, 3.63) is 30.1 Å². The number of aromatic nitrogens is 1. The Balaban J connectivity index is 0.000000553. The SMILES string of the molecule is CN(C)/C(O/N=C(/C#N)c1ccccn1)=[N+](/C)N1CCOCC1.F[P-](F)(F)(F)(F)F. The van der Waals surface area contributed by atoms with E-state index in [1.54, 1.807) is 29.3 Å². The van der Waals surface area contributed by atoms with Crippen molar-refractivity contribution < 1.29 is 39.4 Å². The Labute approximate surface area is 168 Å². The first kappa shape index (κ1) is 25.4. The predicted molar refractivity (Wildman–Crippen MR) is 98.3 cm³/mol. The number of hydrazone groups is 1. The Hall–Kier alpha value is -2.65. The maximum absolute atomic E-state index is 10.7. The average Bonchev–Trinajstić information content (AvgIpc) is 2.63. The number of halogens is 6. The number of amidine groups is 1. The predicted octanol–water partition coefficient (Wildman–Crippen LogP) is 3.52. The topological polar surface area (TPSA) is 77.0 Å². The minimum atomic E-state index is -10.7. The summed E-state index contributed by atoms with van der Waals surface area (Å²) in [4.78, 5) is 11.4. The number of pyridine rings is 1. The molecule has 0 saturated carbocycles. The first-order valence-corrected chi connectivity index (χ1v) is 10.3. The normalized spacial score (nSPS) is 18.0. The minimum absolute atomic E-state index is 0.125. The third-order valence-corrected chi connectivity index (χ3v) is 3.30. The molecule has 0 atom stereocenters. The molecule has 1 aliphatic rings. The first-order valence-electron chi connectivity index (χ1n) is 8.32. The third-order valence-electron chi connectivity index (χ3n) is 3.30. The zero-order chi connectivity index (χ0) is 23.1. The Kier molecular flexibility index (Phi) is 7.63. The van der Waals surface area contributed by atoms with Gasteiger partial charge >= 0.3 is 39.0 Å². The molecular weight excluding hydrogens is 441 g/mol. The van der Waals surface area contributed by atoms with E-state index in [2.05, 4.69) is 15.1 Å². The summed E-state index contributed by atoms with van der Waals surface area (Å²) in [7, 11) is -5.05. The van der Waals surface area contributed by atoms with E-state index >= 15 is 0 Å². The van der Waals surface area contributed by atoms with Crippen LogP contribution in [0.1, 0.15) is 5.69 Å². The van der Waals surface area contributed by atoms with Crippen LogP contribution >= 0.6 is 7.81 Å². The van der Waals surface area contributed by atoms with Crippen LogP contribution in [0.4, 0.5) is 25.2 Å². The summed E-state index contributed by atoms with van der Waals surface area (Å²) in [5.74, 6) is 0. The molecule has 1 aromatic heterocycles. The molecule has 0 N–H and O–H groups in total. The molecule has 1 aliphatic heterocycles. The van der Waals surface area contributed by atoms with Crippen LogP contribution in [0.15, 0.2) is 29.6 Å². The molecule has 2 rings (SSSR count). The van der Waals surface area contributed by atoms with Crippen LogP contribution in [0.3, 0.4) is 0 Å². The molecule has 0 aliphatic carbocycles. The van der Waals surface area contributed by atoms with Gasteiger partial charge in [-0.05, 0) is 12.1 Å². The number of nitrogens with zero attached hydrogens (tertiary/aromatic N) is 6. The summed E-state index contributed by atoms with van der Waals surface area (Å²) in [6.45, 7) is 2.88. The summed E-state index contributed by atoms with van der Waals surface area (Å²) in [6.07, 6.45) is 1.61. The van der Waals surface area contributed by atoms with Crippen LogP contribution in [-0.2, 0) is 9.57 Å². The van der Waals surface area contributed by atoms with Gasteiger partial charge in [0.05, 0.1) is 40.4 Å². The van der Waals surface area contributed by atoms with Gasteiger partial charge in [0.2, 0.25) is 5.71 Å². The summed E-state index contributed by atoms with van der Waals surface area (Å²) in [5.41, 5.74) is 0.599. The van der Waals surface area contributed by atoms with Gasteiger partial charge in [-0.1, -0.05) is 11.2 Å². The van der Waals surface area contributed by atoms with Gasteiger partial charge in [-0.3, -0.25) is 9.82 Å². The second-order valence-corrected chi connectivity index (χ2v) is 8.00. The molecule has 1 saturated heterocycles. The van der Waals surface area contributed by atoms with E-state index in [0.29, 0.717) is 24.9 Å². The second kappa shape index (κ2) is 9.01. The van der Waals surface area contributed by atoms with Crippen molar-refractivity contribution in [1.82, 2.24) is 14.9 Å². The Morgan fingerprint density at radius 3 is 2.23 bits per heavy atom. The van der Waals surface area contributed by atoms with Gasteiger partial charge in [0, 0.05) is 6.20 Å². The van der Waals surface area contributed by atoms with Gasteiger partial charge in [-0.25, -0.2) is 9.91 Å². The number of oxime groups is 1. The fourth-order valence-electron chi connectivity index (χ4n) is 2.12. The van der Waals surface area contributed by atoms with E-state index in [1.165, 1.54) is 0 Å². The number of rotatable bonds is 3. The molecule has 0 amide bonds. The maximum atomic E-state index is 9.87. The van der Waals surface area contributed by atoms with Crippen LogP contribution in [0.25, 0.3) is 0 Å². The van der Waals surface area contributed by atoms with Crippen molar-refractivity contribution in [2.24, 2.45) is 5.16 Å². The monoisotopic (exact) mass is 462 g/mol. The van der Waals surface area contributed by atoms with E-state index in [0.717, 1.165) is 13.1 Å². The van der Waals surface area contributed by atoms with Crippen LogP contribution in [0, 0.1) is 11.3 Å². The molecule has 1 fully saturated rings. The number of hydrogen-bond donors (Lipinski definition) is 0. The molecule has 0 unspecified atom stereocenters. The number of ether oxygens (including phenoxy) is 1. The number of hydrazine groups is 1. The van der Waals surface area contributed by atoms with Crippen molar-refractivity contribution in [2.45, 2.75) is 0 Å². The van der Waals surface area contributed by atoms with E-state index in [1.807, 2.05) is 31.9 Å². The van der Waals surface area contributed by atoms with Crippen LogP contribution in [0.5, 0.6) is 0 Å². The van der Waals surface area contributed by atoms with E-state index in [4.69, 9.17) is 9.57 Å². The molecule has 170 valence electrons. The standard InChI is InChI=1S/C15H21N6O2.F6P/c1-19(2)15(20(3)21-8-10-22-11-9-21)23-18-14(12-16)13-6-4-5-7-17-13;1-7(2,3,4,5)6/h4-7H,8-11H2,1-3H3;/q+1;-1/b18-14-;.